The van der Waals surface area contributed by atoms with E-state index < -0.39 is 5.54 Å². The number of carbonyl (C=O) groups is 1. The van der Waals surface area contributed by atoms with Crippen molar-refractivity contribution in [2.45, 2.75) is 24.9 Å². The highest BCUT2D eigenvalue weighted by Crippen LogP contribution is 2.23. The summed E-state index contributed by atoms with van der Waals surface area (Å²) in [6.45, 7) is 2.19. The van der Waals surface area contributed by atoms with Gasteiger partial charge < -0.3 is 10.2 Å². The van der Waals surface area contributed by atoms with Crippen molar-refractivity contribution in [3.8, 4) is 0 Å². The molecular formula is C14H19Cl2N3O. The van der Waals surface area contributed by atoms with Gasteiger partial charge in [-0.1, -0.05) is 23.7 Å². The first kappa shape index (κ1) is 15.6. The lowest BCUT2D eigenvalue weighted by Gasteiger charge is -2.38. The van der Waals surface area contributed by atoms with Gasteiger partial charge in [0.1, 0.15) is 5.54 Å². The molecule has 1 aliphatic heterocycles. The number of halogens is 2. The second-order valence-electron chi connectivity index (χ2n) is 5.29. The molecule has 0 aromatic heterocycles. The molecule has 0 bridgehead atoms. The molecule has 0 radical (unpaired) electrons. The Hall–Kier alpha value is -0.810. The Morgan fingerprint density at radius 1 is 1.30 bits per heavy atom. The van der Waals surface area contributed by atoms with Gasteiger partial charge in [-0.3, -0.25) is 4.79 Å². The van der Waals surface area contributed by atoms with Crippen LogP contribution in [0.3, 0.4) is 0 Å². The van der Waals surface area contributed by atoms with Gasteiger partial charge in [-0.05, 0) is 49.4 Å². The van der Waals surface area contributed by atoms with Crippen LogP contribution in [0.25, 0.3) is 0 Å². The second-order valence-corrected chi connectivity index (χ2v) is 5.91. The Morgan fingerprint density at radius 2 is 1.90 bits per heavy atom. The molecule has 0 aliphatic carbocycles. The van der Waals surface area contributed by atoms with Crippen LogP contribution in [0, 0.1) is 0 Å². The van der Waals surface area contributed by atoms with Crippen LogP contribution in [0.4, 0.5) is 0 Å². The number of amides is 1. The summed E-state index contributed by atoms with van der Waals surface area (Å²) in [6.07, 6.45) is 1.42. The second kappa shape index (κ2) is 6.76. The van der Waals surface area contributed by atoms with Crippen molar-refractivity contribution < 1.29 is 4.79 Å². The normalized spacial score (nSPS) is 18.8. The lowest BCUT2D eigenvalue weighted by atomic mass is 9.88. The van der Waals surface area contributed by atoms with Gasteiger partial charge in [0.2, 0.25) is 5.91 Å². The van der Waals surface area contributed by atoms with E-state index in [1.54, 1.807) is 0 Å². The highest BCUT2D eigenvalue weighted by atomic mass is 35.5. The van der Waals surface area contributed by atoms with Crippen molar-refractivity contribution in [2.24, 2.45) is 0 Å². The molecule has 1 fully saturated rings. The van der Waals surface area contributed by atoms with E-state index in [0.29, 0.717) is 24.4 Å². The molecule has 0 spiro atoms. The fourth-order valence-electron chi connectivity index (χ4n) is 2.32. The number of likely N-dealkylation sites (tertiary alicyclic amines) is 1. The minimum absolute atomic E-state index is 0.0458. The van der Waals surface area contributed by atoms with E-state index in [1.807, 2.05) is 31.3 Å². The Labute approximate surface area is 129 Å². The Balaban J connectivity index is 1.94. The fraction of sp³-hybridized carbons (Fsp3) is 0.500. The van der Waals surface area contributed by atoms with Gasteiger partial charge in [0.25, 0.3) is 0 Å². The van der Waals surface area contributed by atoms with Gasteiger partial charge in [0.05, 0.1) is 0 Å². The quantitative estimate of drug-likeness (QED) is 0.837. The van der Waals surface area contributed by atoms with Crippen molar-refractivity contribution in [2.75, 3.05) is 20.1 Å². The standard InChI is InChI=1S/C14H19Cl2N3O/c1-19-8-6-14(18-16,7-9-19)13(20)17-10-11-2-4-12(15)5-3-11/h2-5,18H,6-10H2,1H3,(H,17,20). The highest BCUT2D eigenvalue weighted by Gasteiger charge is 2.40. The molecule has 0 atom stereocenters. The molecule has 6 heteroatoms. The van der Waals surface area contributed by atoms with E-state index in [1.165, 1.54) is 0 Å². The molecule has 20 heavy (non-hydrogen) atoms. The third-order valence-electron chi connectivity index (χ3n) is 3.82. The summed E-state index contributed by atoms with van der Waals surface area (Å²) < 4.78 is 0. The summed E-state index contributed by atoms with van der Waals surface area (Å²) in [5.74, 6) is -0.0458. The van der Waals surface area contributed by atoms with Gasteiger partial charge in [-0.2, -0.15) is 0 Å². The van der Waals surface area contributed by atoms with Crippen molar-refractivity contribution in [1.82, 2.24) is 15.1 Å². The topological polar surface area (TPSA) is 44.4 Å². The number of hydrogen-bond acceptors (Lipinski definition) is 3. The monoisotopic (exact) mass is 315 g/mol. The molecule has 1 saturated heterocycles. The molecule has 0 saturated carbocycles. The third-order valence-corrected chi connectivity index (χ3v) is 4.44. The number of nitrogens with one attached hydrogen (secondary N) is 2. The summed E-state index contributed by atoms with van der Waals surface area (Å²) in [5.41, 5.74) is 0.348. The summed E-state index contributed by atoms with van der Waals surface area (Å²) in [6, 6.07) is 7.43. The van der Waals surface area contributed by atoms with Crippen LogP contribution in [0.15, 0.2) is 24.3 Å². The number of hydrogen-bond donors (Lipinski definition) is 2. The summed E-state index contributed by atoms with van der Waals surface area (Å²) in [4.78, 5) is 17.3. The van der Waals surface area contributed by atoms with Crippen LogP contribution >= 0.6 is 23.4 Å². The molecule has 2 rings (SSSR count). The number of nitrogens with zero attached hydrogens (tertiary/aromatic N) is 1. The third kappa shape index (κ3) is 3.64. The first-order valence-corrected chi connectivity index (χ1v) is 7.40. The molecule has 1 aromatic rings. The van der Waals surface area contributed by atoms with E-state index in [4.69, 9.17) is 23.4 Å². The predicted molar refractivity (Wildman–Crippen MR) is 81.7 cm³/mol. The molecule has 1 heterocycles. The average molecular weight is 316 g/mol. The van der Waals surface area contributed by atoms with Gasteiger partial charge in [0, 0.05) is 24.7 Å². The maximum absolute atomic E-state index is 12.4. The number of rotatable bonds is 4. The van der Waals surface area contributed by atoms with Crippen molar-refractivity contribution >= 4 is 29.3 Å². The first-order chi connectivity index (χ1) is 9.55. The maximum Gasteiger partial charge on any atom is 0.241 e. The van der Waals surface area contributed by atoms with Crippen molar-refractivity contribution in [3.05, 3.63) is 34.9 Å². The number of benzene rings is 1. The zero-order chi connectivity index (χ0) is 14.6. The zero-order valence-electron chi connectivity index (χ0n) is 11.5. The van der Waals surface area contributed by atoms with Crippen molar-refractivity contribution in [3.63, 3.8) is 0 Å². The van der Waals surface area contributed by atoms with E-state index in [2.05, 4.69) is 15.1 Å². The van der Waals surface area contributed by atoms with Gasteiger partial charge in [-0.15, -0.1) is 0 Å². The van der Waals surface area contributed by atoms with Crippen LogP contribution < -0.4 is 10.2 Å². The lowest BCUT2D eigenvalue weighted by molar-refractivity contribution is -0.128. The SMILES string of the molecule is CN1CCC(NCl)(C(=O)NCc2ccc(Cl)cc2)CC1. The van der Waals surface area contributed by atoms with Crippen molar-refractivity contribution in [1.29, 1.82) is 0 Å². The minimum atomic E-state index is -0.666. The van der Waals surface area contributed by atoms with E-state index >= 15 is 0 Å². The minimum Gasteiger partial charge on any atom is -0.350 e. The van der Waals surface area contributed by atoms with Gasteiger partial charge in [-0.25, -0.2) is 4.84 Å². The van der Waals surface area contributed by atoms with E-state index in [-0.39, 0.29) is 5.91 Å². The molecule has 1 amide bonds. The van der Waals surface area contributed by atoms with E-state index in [0.717, 1.165) is 18.7 Å². The molecular weight excluding hydrogens is 297 g/mol. The summed E-state index contributed by atoms with van der Waals surface area (Å²) in [7, 11) is 2.05. The molecule has 0 unspecified atom stereocenters. The smallest absolute Gasteiger partial charge is 0.241 e. The molecule has 2 N–H and O–H groups in total. The van der Waals surface area contributed by atoms with Crippen LogP contribution in [0.1, 0.15) is 18.4 Å². The largest absolute Gasteiger partial charge is 0.350 e. The number of carbonyl (C=O) groups excluding carboxylic acids is 1. The fourth-order valence-corrected chi connectivity index (χ4v) is 2.72. The predicted octanol–water partition coefficient (Wildman–Crippen LogP) is 2.16. The molecule has 4 nitrogen and oxygen atoms in total. The molecule has 1 aromatic carbocycles. The Kier molecular flexibility index (Phi) is 5.27. The molecule has 110 valence electrons. The van der Waals surface area contributed by atoms with E-state index in [9.17, 15) is 4.79 Å². The lowest BCUT2D eigenvalue weighted by Crippen LogP contribution is -2.58. The number of piperidine rings is 1. The maximum atomic E-state index is 12.4. The zero-order valence-corrected chi connectivity index (χ0v) is 13.0. The first-order valence-electron chi connectivity index (χ1n) is 6.65. The molecule has 1 aliphatic rings. The van der Waals surface area contributed by atoms with Crippen LogP contribution in [-0.4, -0.2) is 36.5 Å². The Morgan fingerprint density at radius 3 is 2.45 bits per heavy atom. The van der Waals surface area contributed by atoms with Gasteiger partial charge >= 0.3 is 0 Å². The summed E-state index contributed by atoms with van der Waals surface area (Å²) in [5, 5.41) is 3.64. The van der Waals surface area contributed by atoms with Gasteiger partial charge in [0.15, 0.2) is 0 Å². The van der Waals surface area contributed by atoms with Crippen LogP contribution in [-0.2, 0) is 11.3 Å². The highest BCUT2D eigenvalue weighted by molar-refractivity contribution is 6.30. The van der Waals surface area contributed by atoms with Crippen LogP contribution in [0.2, 0.25) is 5.02 Å². The Bertz CT molecular complexity index is 456. The average Bonchev–Trinajstić information content (AvgIpc) is 2.47. The summed E-state index contributed by atoms with van der Waals surface area (Å²) >= 11 is 11.7. The van der Waals surface area contributed by atoms with Crippen LogP contribution in [0.5, 0.6) is 0 Å².